The zero-order chi connectivity index (χ0) is 16.9. The summed E-state index contributed by atoms with van der Waals surface area (Å²) in [6.07, 6.45) is 4.11. The molecule has 1 aliphatic heterocycles. The third kappa shape index (κ3) is 2.90. The molecule has 1 aromatic heterocycles. The van der Waals surface area contributed by atoms with Gasteiger partial charge in [0.25, 0.3) is 0 Å². The first kappa shape index (κ1) is 15.6. The predicted octanol–water partition coefficient (Wildman–Crippen LogP) is 2.48. The number of nitrogens with zero attached hydrogens (tertiary/aromatic N) is 3. The van der Waals surface area contributed by atoms with Gasteiger partial charge in [-0.15, -0.1) is 0 Å². The van der Waals surface area contributed by atoms with Gasteiger partial charge >= 0.3 is 0 Å². The molecule has 2 aromatic rings. The second-order valence-electron chi connectivity index (χ2n) is 6.58. The van der Waals surface area contributed by atoms with E-state index >= 15 is 0 Å². The van der Waals surface area contributed by atoms with Crippen LogP contribution in [0.15, 0.2) is 27.6 Å². The second-order valence-corrected chi connectivity index (χ2v) is 8.60. The predicted molar refractivity (Wildman–Crippen MR) is 85.4 cm³/mol. The highest BCUT2D eigenvalue weighted by Crippen LogP contribution is 2.39. The molecule has 24 heavy (non-hydrogen) atoms. The molecule has 2 aliphatic rings. The van der Waals surface area contributed by atoms with E-state index in [4.69, 9.17) is 4.52 Å². The van der Waals surface area contributed by atoms with Crippen molar-refractivity contribution in [2.75, 3.05) is 24.2 Å². The molecule has 0 spiro atoms. The van der Waals surface area contributed by atoms with Crippen LogP contribution in [0.2, 0.25) is 0 Å². The van der Waals surface area contributed by atoms with Gasteiger partial charge in [-0.3, -0.25) is 0 Å². The number of halogens is 1. The summed E-state index contributed by atoms with van der Waals surface area (Å²) in [6, 6.07) is 4.05. The van der Waals surface area contributed by atoms with Crippen LogP contribution >= 0.6 is 0 Å². The Hall–Kier alpha value is -1.96. The quantitative estimate of drug-likeness (QED) is 0.842. The molecule has 0 N–H and O–H groups in total. The maximum absolute atomic E-state index is 14.3. The average Bonchev–Trinajstić information content (AvgIpc) is 3.07. The number of sulfone groups is 1. The third-order valence-electron chi connectivity index (χ3n) is 4.63. The Balaban J connectivity index is 1.51. The van der Waals surface area contributed by atoms with Gasteiger partial charge in [-0.25, -0.2) is 12.8 Å². The Morgan fingerprint density at radius 1 is 1.25 bits per heavy atom. The molecule has 1 saturated carbocycles. The van der Waals surface area contributed by atoms with Gasteiger partial charge in [0.15, 0.2) is 15.7 Å². The van der Waals surface area contributed by atoms with Crippen molar-refractivity contribution in [1.82, 2.24) is 10.1 Å². The van der Waals surface area contributed by atoms with Gasteiger partial charge in [-0.1, -0.05) is 5.16 Å². The second kappa shape index (κ2) is 5.54. The maximum Gasteiger partial charge on any atom is 0.231 e. The Kier molecular flexibility index (Phi) is 3.59. The van der Waals surface area contributed by atoms with Gasteiger partial charge in [-0.05, 0) is 37.5 Å². The van der Waals surface area contributed by atoms with Crippen LogP contribution in [0.1, 0.15) is 42.8 Å². The lowest BCUT2D eigenvalue weighted by Crippen LogP contribution is -2.20. The molecule has 6 nitrogen and oxygen atoms in total. The zero-order valence-corrected chi connectivity index (χ0v) is 14.1. The lowest BCUT2D eigenvalue weighted by atomic mass is 10.1. The molecule has 0 radical (unpaired) electrons. The van der Waals surface area contributed by atoms with Crippen LogP contribution in [0.25, 0.3) is 0 Å². The van der Waals surface area contributed by atoms with E-state index in [1.165, 1.54) is 12.1 Å². The first-order valence-electron chi connectivity index (χ1n) is 8.00. The van der Waals surface area contributed by atoms with Crippen LogP contribution in [0.5, 0.6) is 0 Å². The minimum absolute atomic E-state index is 0.00882. The van der Waals surface area contributed by atoms with Crippen LogP contribution in [0.4, 0.5) is 10.1 Å². The van der Waals surface area contributed by atoms with Crippen LogP contribution in [0.3, 0.4) is 0 Å². The lowest BCUT2D eigenvalue weighted by Gasteiger charge is -2.19. The molecule has 8 heteroatoms. The molecule has 1 saturated heterocycles. The SMILES string of the molecule is CS(=O)(=O)c1ccc(N2CCC(c3nc(C4CC4)no3)C2)c(F)c1. The monoisotopic (exact) mass is 351 g/mol. The Morgan fingerprint density at radius 3 is 2.71 bits per heavy atom. The number of hydrogen-bond donors (Lipinski definition) is 0. The fourth-order valence-corrected chi connectivity index (χ4v) is 3.71. The van der Waals surface area contributed by atoms with E-state index in [0.717, 1.165) is 37.4 Å². The highest BCUT2D eigenvalue weighted by molar-refractivity contribution is 7.90. The Bertz CT molecular complexity index is 876. The van der Waals surface area contributed by atoms with Crippen LogP contribution in [-0.2, 0) is 9.84 Å². The van der Waals surface area contributed by atoms with Crippen molar-refractivity contribution < 1.29 is 17.3 Å². The van der Waals surface area contributed by atoms with E-state index in [9.17, 15) is 12.8 Å². The summed E-state index contributed by atoms with van der Waals surface area (Å²) >= 11 is 0. The van der Waals surface area contributed by atoms with E-state index in [1.807, 2.05) is 4.90 Å². The van der Waals surface area contributed by atoms with Gasteiger partial charge in [0, 0.05) is 25.3 Å². The van der Waals surface area contributed by atoms with E-state index < -0.39 is 15.7 Å². The number of anilines is 1. The molecule has 1 aromatic carbocycles. The van der Waals surface area contributed by atoms with Gasteiger partial charge in [0.1, 0.15) is 5.82 Å². The minimum Gasteiger partial charge on any atom is -0.368 e. The summed E-state index contributed by atoms with van der Waals surface area (Å²) in [4.78, 5) is 6.36. The van der Waals surface area contributed by atoms with Crippen LogP contribution in [0, 0.1) is 5.82 Å². The van der Waals surface area contributed by atoms with E-state index in [0.29, 0.717) is 30.6 Å². The molecule has 1 unspecified atom stereocenters. The highest BCUT2D eigenvalue weighted by Gasteiger charge is 2.33. The van der Waals surface area contributed by atoms with Crippen molar-refractivity contribution in [1.29, 1.82) is 0 Å². The first-order valence-corrected chi connectivity index (χ1v) is 9.89. The average molecular weight is 351 g/mol. The maximum atomic E-state index is 14.3. The number of benzene rings is 1. The third-order valence-corrected chi connectivity index (χ3v) is 5.74. The summed E-state index contributed by atoms with van der Waals surface area (Å²) in [6.45, 7) is 1.25. The van der Waals surface area contributed by atoms with Crippen molar-refractivity contribution in [3.05, 3.63) is 35.7 Å². The van der Waals surface area contributed by atoms with Crippen molar-refractivity contribution >= 4 is 15.5 Å². The van der Waals surface area contributed by atoms with Gasteiger partial charge < -0.3 is 9.42 Å². The molecule has 0 amide bonds. The molecule has 128 valence electrons. The normalized spacial score (nSPS) is 21.4. The fourth-order valence-electron chi connectivity index (χ4n) is 3.08. The summed E-state index contributed by atoms with van der Waals surface area (Å²) in [5, 5.41) is 4.03. The standard InChI is InChI=1S/C16H18FN3O3S/c1-24(21,22)12-4-5-14(13(17)8-12)20-7-6-11(9-20)16-18-15(19-23-16)10-2-3-10/h4-5,8,10-11H,2-3,6-7,9H2,1H3. The molecule has 1 aliphatic carbocycles. The van der Waals surface area contributed by atoms with Crippen molar-refractivity contribution in [2.24, 2.45) is 0 Å². The molecule has 0 bridgehead atoms. The van der Waals surface area contributed by atoms with E-state index in [-0.39, 0.29) is 10.8 Å². The van der Waals surface area contributed by atoms with Crippen LogP contribution in [-0.4, -0.2) is 37.9 Å². The van der Waals surface area contributed by atoms with Crippen molar-refractivity contribution in [3.63, 3.8) is 0 Å². The fraction of sp³-hybridized carbons (Fsp3) is 0.500. The largest absolute Gasteiger partial charge is 0.368 e. The molecular weight excluding hydrogens is 333 g/mol. The first-order chi connectivity index (χ1) is 11.4. The molecule has 2 fully saturated rings. The summed E-state index contributed by atoms with van der Waals surface area (Å²) < 4.78 is 42.7. The molecular formula is C16H18FN3O3S. The smallest absolute Gasteiger partial charge is 0.231 e. The molecule has 2 heterocycles. The molecule has 1 atom stereocenters. The van der Waals surface area contributed by atoms with E-state index in [1.54, 1.807) is 0 Å². The minimum atomic E-state index is -3.41. The molecule has 4 rings (SSSR count). The highest BCUT2D eigenvalue weighted by atomic mass is 32.2. The van der Waals surface area contributed by atoms with Crippen molar-refractivity contribution in [2.45, 2.75) is 36.0 Å². The van der Waals surface area contributed by atoms with Crippen LogP contribution < -0.4 is 4.90 Å². The summed E-state index contributed by atoms with van der Waals surface area (Å²) in [7, 11) is -3.41. The number of rotatable bonds is 4. The van der Waals surface area contributed by atoms with E-state index in [2.05, 4.69) is 10.1 Å². The number of hydrogen-bond acceptors (Lipinski definition) is 6. The Morgan fingerprint density at radius 2 is 2.04 bits per heavy atom. The summed E-state index contributed by atoms with van der Waals surface area (Å²) in [5.74, 6) is 1.41. The Labute approximate surface area is 139 Å². The topological polar surface area (TPSA) is 76.3 Å². The lowest BCUT2D eigenvalue weighted by molar-refractivity contribution is 0.355. The summed E-state index contributed by atoms with van der Waals surface area (Å²) in [5.41, 5.74) is 0.409. The number of aromatic nitrogens is 2. The van der Waals surface area contributed by atoms with Gasteiger partial charge in [0.05, 0.1) is 16.5 Å². The van der Waals surface area contributed by atoms with Crippen molar-refractivity contribution in [3.8, 4) is 0 Å². The zero-order valence-electron chi connectivity index (χ0n) is 13.3. The van der Waals surface area contributed by atoms with Gasteiger partial charge in [-0.2, -0.15) is 4.98 Å². The van der Waals surface area contributed by atoms with Gasteiger partial charge in [0.2, 0.25) is 5.89 Å².